The van der Waals surface area contributed by atoms with Crippen molar-refractivity contribution in [1.29, 1.82) is 0 Å². The van der Waals surface area contributed by atoms with E-state index in [9.17, 15) is 0 Å². The van der Waals surface area contributed by atoms with Gasteiger partial charge in [0, 0.05) is 33.1 Å². The van der Waals surface area contributed by atoms with E-state index in [-0.39, 0.29) is 0 Å². The lowest BCUT2D eigenvalue weighted by Crippen LogP contribution is -2.10. The summed E-state index contributed by atoms with van der Waals surface area (Å²) in [7, 11) is 0. The molecule has 0 aliphatic carbocycles. The summed E-state index contributed by atoms with van der Waals surface area (Å²) in [5, 5.41) is 11.0. The number of hydrogen-bond acceptors (Lipinski definition) is 3. The number of aliphatic imine (C=N–C) groups is 1. The third-order valence-corrected chi connectivity index (χ3v) is 8.40. The van der Waals surface area contributed by atoms with Crippen molar-refractivity contribution in [3.8, 4) is 0 Å². The lowest BCUT2D eigenvalue weighted by Gasteiger charge is -2.16. The van der Waals surface area contributed by atoms with Crippen LogP contribution >= 0.6 is 0 Å². The molecule has 0 saturated heterocycles. The number of benzene rings is 7. The predicted molar refractivity (Wildman–Crippen MR) is 211 cm³/mol. The second-order valence-electron chi connectivity index (χ2n) is 11.2. The number of fused-ring (bicyclic) bond motifs is 8. The number of nitrogens with zero attached hydrogens (tertiary/aromatic N) is 2. The number of hydrogen-bond donors (Lipinski definition) is 2. The predicted octanol–water partition coefficient (Wildman–Crippen LogP) is 12.7. The Labute approximate surface area is 282 Å². The van der Waals surface area contributed by atoms with E-state index < -0.39 is 0 Å². The highest BCUT2D eigenvalue weighted by Gasteiger charge is 2.21. The van der Waals surface area contributed by atoms with Crippen molar-refractivity contribution >= 4 is 78.9 Å². The second-order valence-corrected chi connectivity index (χ2v) is 11.2. The van der Waals surface area contributed by atoms with Crippen LogP contribution in [0.5, 0.6) is 0 Å². The standard InChI is InChI=1S/C34H25N3.C8H9N.C2H6/c1-2-25-31(35-23-13-5-3-6-14-23)22-21-30-32-28-19-11-9-17-26(28)27-18-10-12-20-29(27)34(32)37(33(25)30)36-24-15-7-4-8-16-24;1-7-5-3-4-6-8(7)9-2;1-2/h2-22,35-36H,1H2;3-6H,2H2,1H3;1-2H3. The molecule has 0 spiro atoms. The Bertz CT molecular complexity index is 2350. The summed E-state index contributed by atoms with van der Waals surface area (Å²) in [4.78, 5) is 3.82. The summed E-state index contributed by atoms with van der Waals surface area (Å²) in [5.74, 6) is 0. The fourth-order valence-corrected chi connectivity index (χ4v) is 6.28. The minimum absolute atomic E-state index is 0.970. The van der Waals surface area contributed by atoms with Gasteiger partial charge in [-0.2, -0.15) is 0 Å². The van der Waals surface area contributed by atoms with Crippen LogP contribution in [0.4, 0.5) is 22.7 Å². The van der Waals surface area contributed by atoms with E-state index >= 15 is 0 Å². The van der Waals surface area contributed by atoms with Crippen molar-refractivity contribution in [2.45, 2.75) is 20.8 Å². The SMILES string of the molecule is C=Cc1c(Nc2ccccc2)ccc2c3c4ccccc4c4ccccc4c3n(Nc3ccccc3)c12.C=Nc1ccccc1C.CC. The van der Waals surface area contributed by atoms with Gasteiger partial charge < -0.3 is 5.32 Å². The molecule has 8 aromatic rings. The van der Waals surface area contributed by atoms with E-state index in [0.29, 0.717) is 0 Å². The average molecular weight is 625 g/mol. The van der Waals surface area contributed by atoms with Gasteiger partial charge in [0.05, 0.1) is 22.4 Å². The van der Waals surface area contributed by atoms with Gasteiger partial charge in [-0.25, -0.2) is 0 Å². The van der Waals surface area contributed by atoms with E-state index in [0.717, 1.165) is 39.3 Å². The first-order chi connectivity index (χ1) is 23.7. The fraction of sp³-hybridized carbons (Fsp3) is 0.0682. The zero-order chi connectivity index (χ0) is 33.5. The Kier molecular flexibility index (Phi) is 9.64. The zero-order valence-corrected chi connectivity index (χ0v) is 27.7. The summed E-state index contributed by atoms with van der Waals surface area (Å²) < 4.78 is 2.25. The van der Waals surface area contributed by atoms with E-state index in [1.54, 1.807) is 0 Å². The van der Waals surface area contributed by atoms with Gasteiger partial charge in [-0.3, -0.25) is 15.1 Å². The first-order valence-electron chi connectivity index (χ1n) is 16.4. The normalized spacial score (nSPS) is 10.6. The maximum Gasteiger partial charge on any atom is 0.0803 e. The van der Waals surface area contributed by atoms with Gasteiger partial charge in [-0.1, -0.05) is 130 Å². The molecule has 0 saturated carbocycles. The smallest absolute Gasteiger partial charge is 0.0803 e. The Morgan fingerprint density at radius 2 is 1.10 bits per heavy atom. The number of anilines is 3. The highest BCUT2D eigenvalue weighted by Crippen LogP contribution is 2.43. The molecule has 0 aliphatic rings. The van der Waals surface area contributed by atoms with E-state index in [1.807, 2.05) is 75.4 Å². The summed E-state index contributed by atoms with van der Waals surface area (Å²) >= 11 is 0. The summed E-state index contributed by atoms with van der Waals surface area (Å²) in [6.45, 7) is 13.7. The third kappa shape index (κ3) is 6.04. The van der Waals surface area contributed by atoms with Crippen LogP contribution in [0, 0.1) is 6.92 Å². The van der Waals surface area contributed by atoms with Crippen LogP contribution in [0.1, 0.15) is 25.0 Å². The number of aryl methyl sites for hydroxylation is 1. The zero-order valence-electron chi connectivity index (χ0n) is 27.7. The largest absolute Gasteiger partial charge is 0.355 e. The lowest BCUT2D eigenvalue weighted by molar-refractivity contribution is 1.06. The van der Waals surface area contributed by atoms with Crippen LogP contribution in [0.25, 0.3) is 49.4 Å². The number of aromatic nitrogens is 1. The lowest BCUT2D eigenvalue weighted by atomic mass is 9.96. The summed E-state index contributed by atoms with van der Waals surface area (Å²) in [6.07, 6.45) is 1.96. The topological polar surface area (TPSA) is 41.4 Å². The average Bonchev–Trinajstić information content (AvgIpc) is 3.48. The van der Waals surface area contributed by atoms with Crippen LogP contribution in [-0.2, 0) is 0 Å². The Morgan fingerprint density at radius 3 is 1.71 bits per heavy atom. The van der Waals surface area contributed by atoms with Crippen LogP contribution in [-0.4, -0.2) is 11.4 Å². The van der Waals surface area contributed by atoms with Gasteiger partial charge in [0.15, 0.2) is 0 Å². The van der Waals surface area contributed by atoms with Crippen molar-refractivity contribution in [2.24, 2.45) is 4.99 Å². The molecule has 0 atom stereocenters. The minimum atomic E-state index is 0.970. The molecule has 0 radical (unpaired) electrons. The van der Waals surface area contributed by atoms with Gasteiger partial charge in [0.2, 0.25) is 0 Å². The molecule has 0 amide bonds. The number of para-hydroxylation sites is 3. The first kappa shape index (κ1) is 31.8. The Hall–Kier alpha value is -6.13. The second kappa shape index (κ2) is 14.5. The van der Waals surface area contributed by atoms with Gasteiger partial charge in [-0.15, -0.1) is 0 Å². The molecule has 4 nitrogen and oxygen atoms in total. The van der Waals surface area contributed by atoms with Gasteiger partial charge >= 0.3 is 0 Å². The quantitative estimate of drug-likeness (QED) is 0.143. The molecule has 0 fully saturated rings. The fourth-order valence-electron chi connectivity index (χ4n) is 6.28. The Morgan fingerprint density at radius 1 is 0.562 bits per heavy atom. The van der Waals surface area contributed by atoms with Gasteiger partial charge in [-0.05, 0) is 77.8 Å². The molecule has 0 aliphatic heterocycles. The number of rotatable bonds is 6. The van der Waals surface area contributed by atoms with Crippen molar-refractivity contribution in [3.05, 3.63) is 163 Å². The minimum Gasteiger partial charge on any atom is -0.355 e. The van der Waals surface area contributed by atoms with E-state index in [1.165, 1.54) is 37.9 Å². The molecule has 8 rings (SSSR count). The monoisotopic (exact) mass is 624 g/mol. The maximum atomic E-state index is 4.25. The van der Waals surface area contributed by atoms with Crippen molar-refractivity contribution < 1.29 is 0 Å². The van der Waals surface area contributed by atoms with Crippen LogP contribution in [0.3, 0.4) is 0 Å². The third-order valence-electron chi connectivity index (χ3n) is 8.40. The molecule has 4 heteroatoms. The highest BCUT2D eigenvalue weighted by molar-refractivity contribution is 6.32. The Balaban J connectivity index is 0.000000315. The summed E-state index contributed by atoms with van der Waals surface area (Å²) in [6, 6.07) is 50.3. The van der Waals surface area contributed by atoms with E-state index in [4.69, 9.17) is 0 Å². The molecule has 48 heavy (non-hydrogen) atoms. The molecule has 0 bridgehead atoms. The van der Waals surface area contributed by atoms with Crippen molar-refractivity contribution in [1.82, 2.24) is 4.68 Å². The van der Waals surface area contributed by atoms with Crippen LogP contribution < -0.4 is 10.7 Å². The van der Waals surface area contributed by atoms with Crippen LogP contribution in [0.2, 0.25) is 0 Å². The molecule has 1 aromatic heterocycles. The maximum absolute atomic E-state index is 4.25. The highest BCUT2D eigenvalue weighted by atomic mass is 15.4. The van der Waals surface area contributed by atoms with Crippen molar-refractivity contribution in [2.75, 3.05) is 10.7 Å². The molecular weight excluding hydrogens is 585 g/mol. The molecule has 1 heterocycles. The van der Waals surface area contributed by atoms with Gasteiger partial charge in [0.25, 0.3) is 0 Å². The molecule has 7 aromatic carbocycles. The first-order valence-corrected chi connectivity index (χ1v) is 16.4. The van der Waals surface area contributed by atoms with Crippen LogP contribution in [0.15, 0.2) is 157 Å². The molecule has 2 N–H and O–H groups in total. The summed E-state index contributed by atoms with van der Waals surface area (Å²) in [5.41, 5.74) is 12.3. The molecule has 0 unspecified atom stereocenters. The van der Waals surface area contributed by atoms with Gasteiger partial charge in [0.1, 0.15) is 0 Å². The molecule has 236 valence electrons. The molecular formula is C44H40N4. The number of nitrogens with one attached hydrogen (secondary N) is 2. The van der Waals surface area contributed by atoms with Crippen molar-refractivity contribution in [3.63, 3.8) is 0 Å². The van der Waals surface area contributed by atoms with E-state index in [2.05, 4.69) is 131 Å².